The van der Waals surface area contributed by atoms with E-state index < -0.39 is 28.9 Å². The number of unbranched alkanes of at least 4 members (excludes halogenated alkanes) is 1. The van der Waals surface area contributed by atoms with Crippen LogP contribution in [0.2, 0.25) is 0 Å². The normalized spacial score (nSPS) is 11.1. The van der Waals surface area contributed by atoms with Gasteiger partial charge in [-0.25, -0.2) is 8.78 Å². The second-order valence-corrected chi connectivity index (χ2v) is 5.31. The summed E-state index contributed by atoms with van der Waals surface area (Å²) in [5.41, 5.74) is -1.51. The number of hydrogen-bond donors (Lipinski definition) is 2. The molecule has 0 aromatic heterocycles. The third kappa shape index (κ3) is 4.51. The van der Waals surface area contributed by atoms with Crippen molar-refractivity contribution >= 4 is 17.5 Å². The summed E-state index contributed by atoms with van der Waals surface area (Å²) in [6, 6.07) is 2.82. The first kappa shape index (κ1) is 17.1. The molecule has 1 rings (SSSR count). The first-order valence-corrected chi connectivity index (χ1v) is 6.83. The van der Waals surface area contributed by atoms with E-state index in [2.05, 4.69) is 10.6 Å². The summed E-state index contributed by atoms with van der Waals surface area (Å²) in [6.07, 6.45) is 1.74. The van der Waals surface area contributed by atoms with E-state index in [1.54, 1.807) is 0 Å². The molecule has 1 aromatic rings. The molecule has 116 valence electrons. The number of carbonyl (C=O) groups excluding carboxylic acids is 2. The highest BCUT2D eigenvalue weighted by Crippen LogP contribution is 2.21. The Morgan fingerprint density at radius 2 is 1.86 bits per heavy atom. The minimum atomic E-state index is -1.35. The van der Waals surface area contributed by atoms with Crippen LogP contribution in [0.4, 0.5) is 14.5 Å². The molecule has 0 unspecified atom stereocenters. The lowest BCUT2D eigenvalue weighted by Crippen LogP contribution is -2.45. The molecule has 0 fully saturated rings. The van der Waals surface area contributed by atoms with Crippen LogP contribution in [-0.2, 0) is 9.59 Å². The molecule has 4 nitrogen and oxygen atoms in total. The predicted octanol–water partition coefficient (Wildman–Crippen LogP) is 2.85. The molecule has 6 heteroatoms. The van der Waals surface area contributed by atoms with Gasteiger partial charge >= 0.3 is 0 Å². The lowest BCUT2D eigenvalue weighted by Gasteiger charge is -2.22. The molecule has 1 aromatic carbocycles. The van der Waals surface area contributed by atoms with Crippen LogP contribution in [0.1, 0.15) is 33.6 Å². The Balaban J connectivity index is 2.74. The smallest absolute Gasteiger partial charge is 0.239 e. The van der Waals surface area contributed by atoms with Crippen LogP contribution >= 0.6 is 0 Å². The average Bonchev–Trinajstić information content (AvgIpc) is 2.41. The highest BCUT2D eigenvalue weighted by Gasteiger charge is 2.36. The van der Waals surface area contributed by atoms with E-state index in [0.29, 0.717) is 12.6 Å². The van der Waals surface area contributed by atoms with Crippen molar-refractivity contribution in [2.75, 3.05) is 11.9 Å². The van der Waals surface area contributed by atoms with E-state index in [9.17, 15) is 18.4 Å². The van der Waals surface area contributed by atoms with Crippen molar-refractivity contribution in [1.82, 2.24) is 5.32 Å². The molecule has 0 radical (unpaired) electrons. The maximum absolute atomic E-state index is 13.5. The Bertz CT molecular complexity index is 530. The number of nitrogens with one attached hydrogen (secondary N) is 2. The monoisotopic (exact) mass is 298 g/mol. The molecule has 0 saturated heterocycles. The summed E-state index contributed by atoms with van der Waals surface area (Å²) in [5.74, 6) is -2.70. The Kier molecular flexibility index (Phi) is 5.81. The van der Waals surface area contributed by atoms with Gasteiger partial charge in [-0.15, -0.1) is 0 Å². The van der Waals surface area contributed by atoms with E-state index in [1.165, 1.54) is 13.8 Å². The number of amides is 2. The van der Waals surface area contributed by atoms with Crippen LogP contribution in [0.5, 0.6) is 0 Å². The van der Waals surface area contributed by atoms with Crippen LogP contribution in [0.3, 0.4) is 0 Å². The van der Waals surface area contributed by atoms with Gasteiger partial charge in [-0.2, -0.15) is 0 Å². The minimum absolute atomic E-state index is 0.157. The van der Waals surface area contributed by atoms with Gasteiger partial charge in [0.25, 0.3) is 0 Å². The number of halogens is 2. The van der Waals surface area contributed by atoms with Gasteiger partial charge in [0.05, 0.1) is 5.69 Å². The van der Waals surface area contributed by atoms with Crippen LogP contribution in [0.15, 0.2) is 18.2 Å². The lowest BCUT2D eigenvalue weighted by molar-refractivity contribution is -0.138. The summed E-state index contributed by atoms with van der Waals surface area (Å²) in [4.78, 5) is 24.1. The van der Waals surface area contributed by atoms with Gasteiger partial charge in [-0.3, -0.25) is 9.59 Å². The molecule has 0 bridgehead atoms. The molecule has 0 saturated carbocycles. The average molecular weight is 298 g/mol. The van der Waals surface area contributed by atoms with Gasteiger partial charge in [0, 0.05) is 12.6 Å². The highest BCUT2D eigenvalue weighted by atomic mass is 19.1. The first-order valence-electron chi connectivity index (χ1n) is 6.83. The number of carbonyl (C=O) groups is 2. The molecular formula is C15H20F2N2O2. The van der Waals surface area contributed by atoms with Gasteiger partial charge in [0.2, 0.25) is 11.8 Å². The van der Waals surface area contributed by atoms with E-state index in [4.69, 9.17) is 0 Å². The summed E-state index contributed by atoms with van der Waals surface area (Å²) >= 11 is 0. The summed E-state index contributed by atoms with van der Waals surface area (Å²) in [6.45, 7) is 5.37. The fourth-order valence-electron chi connectivity index (χ4n) is 1.57. The number of hydrogen-bond acceptors (Lipinski definition) is 2. The van der Waals surface area contributed by atoms with Crippen molar-refractivity contribution in [3.8, 4) is 0 Å². The standard InChI is InChI=1S/C15H20F2N2O2/c1-4-5-8-18-13(20)15(2,3)14(21)19-12-7-6-10(16)9-11(12)17/h6-7,9H,4-5,8H2,1-3H3,(H,18,20)(H,19,21). The van der Waals surface area contributed by atoms with E-state index in [0.717, 1.165) is 25.0 Å². The molecule has 2 amide bonds. The highest BCUT2D eigenvalue weighted by molar-refractivity contribution is 6.09. The van der Waals surface area contributed by atoms with Crippen LogP contribution in [0, 0.1) is 17.0 Å². The largest absolute Gasteiger partial charge is 0.355 e. The lowest BCUT2D eigenvalue weighted by atomic mass is 9.91. The molecular weight excluding hydrogens is 278 g/mol. The molecule has 0 aliphatic heterocycles. The second kappa shape index (κ2) is 7.15. The van der Waals surface area contributed by atoms with Crippen molar-refractivity contribution in [3.63, 3.8) is 0 Å². The fraction of sp³-hybridized carbons (Fsp3) is 0.467. The molecule has 0 aliphatic rings. The molecule has 2 N–H and O–H groups in total. The van der Waals surface area contributed by atoms with Gasteiger partial charge < -0.3 is 10.6 Å². The Labute approximate surface area is 122 Å². The zero-order valence-electron chi connectivity index (χ0n) is 12.4. The summed E-state index contributed by atoms with van der Waals surface area (Å²) in [7, 11) is 0. The minimum Gasteiger partial charge on any atom is -0.355 e. The molecule has 21 heavy (non-hydrogen) atoms. The van der Waals surface area contributed by atoms with Gasteiger partial charge in [0.15, 0.2) is 0 Å². The Morgan fingerprint density at radius 3 is 2.43 bits per heavy atom. The zero-order valence-corrected chi connectivity index (χ0v) is 12.4. The SMILES string of the molecule is CCCCNC(=O)C(C)(C)C(=O)Nc1ccc(F)cc1F. The first-order chi connectivity index (χ1) is 9.78. The van der Waals surface area contributed by atoms with E-state index in [1.807, 2.05) is 6.92 Å². The quantitative estimate of drug-likeness (QED) is 0.627. The molecule has 0 spiro atoms. The predicted molar refractivity (Wildman–Crippen MR) is 76.7 cm³/mol. The Morgan fingerprint density at radius 1 is 1.19 bits per heavy atom. The van der Waals surface area contributed by atoms with Gasteiger partial charge in [-0.05, 0) is 32.4 Å². The molecule has 0 heterocycles. The number of benzene rings is 1. The van der Waals surface area contributed by atoms with Crippen molar-refractivity contribution in [2.45, 2.75) is 33.6 Å². The second-order valence-electron chi connectivity index (χ2n) is 5.31. The maximum atomic E-state index is 13.5. The van der Waals surface area contributed by atoms with Crippen molar-refractivity contribution in [1.29, 1.82) is 0 Å². The van der Waals surface area contributed by atoms with Crippen LogP contribution in [0.25, 0.3) is 0 Å². The maximum Gasteiger partial charge on any atom is 0.239 e. The topological polar surface area (TPSA) is 58.2 Å². The van der Waals surface area contributed by atoms with Gasteiger partial charge in [-0.1, -0.05) is 13.3 Å². The number of rotatable bonds is 6. The van der Waals surface area contributed by atoms with Crippen LogP contribution < -0.4 is 10.6 Å². The Hall–Kier alpha value is -1.98. The summed E-state index contributed by atoms with van der Waals surface area (Å²) < 4.78 is 26.3. The van der Waals surface area contributed by atoms with Crippen molar-refractivity contribution in [2.24, 2.45) is 5.41 Å². The van der Waals surface area contributed by atoms with Crippen LogP contribution in [-0.4, -0.2) is 18.4 Å². The van der Waals surface area contributed by atoms with Gasteiger partial charge in [0.1, 0.15) is 17.0 Å². The zero-order chi connectivity index (χ0) is 16.0. The summed E-state index contributed by atoms with van der Waals surface area (Å²) in [5, 5.41) is 4.97. The molecule has 0 aliphatic carbocycles. The molecule has 0 atom stereocenters. The van der Waals surface area contributed by atoms with E-state index in [-0.39, 0.29) is 5.69 Å². The third-order valence-electron chi connectivity index (χ3n) is 3.13. The van der Waals surface area contributed by atoms with E-state index >= 15 is 0 Å². The number of anilines is 1. The van der Waals surface area contributed by atoms with Crippen molar-refractivity contribution < 1.29 is 18.4 Å². The van der Waals surface area contributed by atoms with Crippen molar-refractivity contribution in [3.05, 3.63) is 29.8 Å². The fourth-order valence-corrected chi connectivity index (χ4v) is 1.57. The third-order valence-corrected chi connectivity index (χ3v) is 3.13.